The van der Waals surface area contributed by atoms with Gasteiger partial charge in [0.15, 0.2) is 0 Å². The number of aliphatic hydroxyl groups is 1. The smallest absolute Gasteiger partial charge is 0.251 e. The zero-order valence-corrected chi connectivity index (χ0v) is 9.10. The van der Waals surface area contributed by atoms with Crippen molar-refractivity contribution in [2.24, 2.45) is 5.92 Å². The van der Waals surface area contributed by atoms with Gasteiger partial charge in [0.1, 0.15) is 0 Å². The van der Waals surface area contributed by atoms with Crippen molar-refractivity contribution in [2.75, 3.05) is 6.54 Å². The second-order valence-electron chi connectivity index (χ2n) is 4.28. The van der Waals surface area contributed by atoms with Crippen LogP contribution < -0.4 is 5.32 Å². The Bertz CT molecular complexity index is 353. The molecule has 1 aromatic heterocycles. The monoisotopic (exact) mass is 220 g/mol. The third-order valence-electron chi connectivity index (χ3n) is 3.01. The number of hydrogen-bond acceptors (Lipinski definition) is 3. The van der Waals surface area contributed by atoms with E-state index in [9.17, 15) is 9.90 Å². The van der Waals surface area contributed by atoms with E-state index < -0.39 is 0 Å². The summed E-state index contributed by atoms with van der Waals surface area (Å²) in [5, 5.41) is 12.2. The fourth-order valence-corrected chi connectivity index (χ4v) is 2.08. The summed E-state index contributed by atoms with van der Waals surface area (Å²) >= 11 is 0. The lowest BCUT2D eigenvalue weighted by atomic mass is 10.1. The van der Waals surface area contributed by atoms with E-state index in [0.29, 0.717) is 18.0 Å². The third kappa shape index (κ3) is 2.79. The molecule has 2 rings (SSSR count). The molecule has 1 aliphatic carbocycles. The van der Waals surface area contributed by atoms with E-state index in [-0.39, 0.29) is 12.0 Å². The van der Waals surface area contributed by atoms with Gasteiger partial charge in [0.2, 0.25) is 0 Å². The predicted octanol–water partition coefficient (Wildman–Crippen LogP) is 0.972. The number of nitrogens with zero attached hydrogens (tertiary/aromatic N) is 1. The van der Waals surface area contributed by atoms with Gasteiger partial charge in [-0.1, -0.05) is 0 Å². The first-order valence-corrected chi connectivity index (χ1v) is 5.62. The predicted molar refractivity (Wildman–Crippen MR) is 59.9 cm³/mol. The van der Waals surface area contributed by atoms with Crippen LogP contribution in [0.3, 0.4) is 0 Å². The number of carbonyl (C=O) groups is 1. The van der Waals surface area contributed by atoms with E-state index >= 15 is 0 Å². The van der Waals surface area contributed by atoms with Crippen molar-refractivity contribution in [2.45, 2.75) is 25.4 Å². The van der Waals surface area contributed by atoms with Gasteiger partial charge in [0, 0.05) is 24.5 Å². The van der Waals surface area contributed by atoms with Crippen LogP contribution in [-0.2, 0) is 0 Å². The summed E-state index contributed by atoms with van der Waals surface area (Å²) in [5.74, 6) is 0.351. The zero-order valence-electron chi connectivity index (χ0n) is 9.10. The molecule has 4 nitrogen and oxygen atoms in total. The highest BCUT2D eigenvalue weighted by Crippen LogP contribution is 2.24. The molecule has 0 radical (unpaired) electrons. The lowest BCUT2D eigenvalue weighted by Crippen LogP contribution is -2.28. The van der Waals surface area contributed by atoms with Gasteiger partial charge in [-0.2, -0.15) is 0 Å². The standard InChI is InChI=1S/C12H16N2O2/c15-11-2-1-9(7-11)8-14-12(16)10-3-5-13-6-4-10/h3-6,9,11,15H,1-2,7-8H2,(H,14,16). The minimum atomic E-state index is -0.178. The fourth-order valence-electron chi connectivity index (χ4n) is 2.08. The van der Waals surface area contributed by atoms with E-state index in [0.717, 1.165) is 19.3 Å². The van der Waals surface area contributed by atoms with Crippen LogP contribution in [0.2, 0.25) is 0 Å². The van der Waals surface area contributed by atoms with Gasteiger partial charge in [0.25, 0.3) is 5.91 Å². The average Bonchev–Trinajstić information content (AvgIpc) is 2.73. The summed E-state index contributed by atoms with van der Waals surface area (Å²) < 4.78 is 0. The highest BCUT2D eigenvalue weighted by Gasteiger charge is 2.22. The van der Waals surface area contributed by atoms with Crippen LogP contribution in [0.15, 0.2) is 24.5 Å². The second-order valence-corrected chi connectivity index (χ2v) is 4.28. The van der Waals surface area contributed by atoms with Gasteiger partial charge in [-0.3, -0.25) is 9.78 Å². The normalized spacial score (nSPS) is 24.3. The molecule has 1 fully saturated rings. The van der Waals surface area contributed by atoms with Gasteiger partial charge >= 0.3 is 0 Å². The van der Waals surface area contributed by atoms with Crippen molar-refractivity contribution in [1.29, 1.82) is 0 Å². The molecular weight excluding hydrogens is 204 g/mol. The third-order valence-corrected chi connectivity index (χ3v) is 3.01. The van der Waals surface area contributed by atoms with Crippen LogP contribution >= 0.6 is 0 Å². The zero-order chi connectivity index (χ0) is 11.4. The summed E-state index contributed by atoms with van der Waals surface area (Å²) in [7, 11) is 0. The maximum Gasteiger partial charge on any atom is 0.251 e. The summed E-state index contributed by atoms with van der Waals surface area (Å²) in [4.78, 5) is 15.5. The average molecular weight is 220 g/mol. The maximum atomic E-state index is 11.7. The van der Waals surface area contributed by atoms with Crippen LogP contribution in [-0.4, -0.2) is 28.6 Å². The number of amides is 1. The molecule has 1 amide bonds. The highest BCUT2D eigenvalue weighted by molar-refractivity contribution is 5.93. The Hall–Kier alpha value is -1.42. The molecule has 0 aliphatic heterocycles. The quantitative estimate of drug-likeness (QED) is 0.798. The van der Waals surface area contributed by atoms with Crippen molar-refractivity contribution >= 4 is 5.91 Å². The van der Waals surface area contributed by atoms with E-state index in [2.05, 4.69) is 10.3 Å². The Morgan fingerprint density at radius 1 is 1.44 bits per heavy atom. The molecule has 0 spiro atoms. The first kappa shape index (κ1) is 11.1. The summed E-state index contributed by atoms with van der Waals surface area (Å²) in [5.41, 5.74) is 0.633. The van der Waals surface area contributed by atoms with Crippen LogP contribution in [0.1, 0.15) is 29.6 Å². The topological polar surface area (TPSA) is 62.2 Å². The lowest BCUT2D eigenvalue weighted by molar-refractivity contribution is 0.0945. The minimum Gasteiger partial charge on any atom is -0.393 e. The Labute approximate surface area is 94.7 Å². The van der Waals surface area contributed by atoms with Crippen molar-refractivity contribution in [3.05, 3.63) is 30.1 Å². The van der Waals surface area contributed by atoms with Crippen molar-refractivity contribution < 1.29 is 9.90 Å². The van der Waals surface area contributed by atoms with E-state index in [1.54, 1.807) is 24.5 Å². The summed E-state index contributed by atoms with van der Waals surface area (Å²) in [6.07, 6.45) is 5.69. The van der Waals surface area contributed by atoms with Crippen molar-refractivity contribution in [3.8, 4) is 0 Å². The number of pyridine rings is 1. The van der Waals surface area contributed by atoms with Crippen LogP contribution in [0.5, 0.6) is 0 Å². The molecule has 0 bridgehead atoms. The minimum absolute atomic E-state index is 0.0659. The number of aliphatic hydroxyl groups excluding tert-OH is 1. The molecule has 1 heterocycles. The molecule has 0 saturated heterocycles. The van der Waals surface area contributed by atoms with Gasteiger partial charge in [-0.05, 0) is 37.3 Å². The van der Waals surface area contributed by atoms with Crippen molar-refractivity contribution in [3.63, 3.8) is 0 Å². The SMILES string of the molecule is O=C(NCC1CCC(O)C1)c1ccncc1. The number of hydrogen-bond donors (Lipinski definition) is 2. The molecule has 1 saturated carbocycles. The molecule has 0 aromatic carbocycles. The van der Waals surface area contributed by atoms with E-state index in [1.807, 2.05) is 0 Å². The molecular formula is C12H16N2O2. The van der Waals surface area contributed by atoms with E-state index in [4.69, 9.17) is 0 Å². The van der Waals surface area contributed by atoms with Crippen LogP contribution in [0.25, 0.3) is 0 Å². The van der Waals surface area contributed by atoms with Gasteiger partial charge in [0.05, 0.1) is 6.10 Å². The van der Waals surface area contributed by atoms with E-state index in [1.165, 1.54) is 0 Å². The Morgan fingerprint density at radius 3 is 2.81 bits per heavy atom. The molecule has 2 atom stereocenters. The second kappa shape index (κ2) is 5.07. The highest BCUT2D eigenvalue weighted by atomic mass is 16.3. The molecule has 16 heavy (non-hydrogen) atoms. The Balaban J connectivity index is 1.80. The summed E-state index contributed by atoms with van der Waals surface area (Å²) in [6.45, 7) is 0.651. The van der Waals surface area contributed by atoms with Gasteiger partial charge < -0.3 is 10.4 Å². The lowest BCUT2D eigenvalue weighted by Gasteiger charge is -2.10. The van der Waals surface area contributed by atoms with Gasteiger partial charge in [-0.15, -0.1) is 0 Å². The Kier molecular flexibility index (Phi) is 3.51. The Morgan fingerprint density at radius 2 is 2.19 bits per heavy atom. The molecule has 4 heteroatoms. The van der Waals surface area contributed by atoms with Crippen molar-refractivity contribution in [1.82, 2.24) is 10.3 Å². The first-order chi connectivity index (χ1) is 7.75. The first-order valence-electron chi connectivity index (χ1n) is 5.62. The molecule has 1 aliphatic rings. The number of rotatable bonds is 3. The summed E-state index contributed by atoms with van der Waals surface area (Å²) in [6, 6.07) is 3.39. The number of carbonyl (C=O) groups excluding carboxylic acids is 1. The molecule has 86 valence electrons. The molecule has 1 aromatic rings. The largest absolute Gasteiger partial charge is 0.393 e. The van der Waals surface area contributed by atoms with Crippen LogP contribution in [0.4, 0.5) is 0 Å². The molecule has 2 unspecified atom stereocenters. The number of nitrogens with one attached hydrogen (secondary N) is 1. The number of aromatic nitrogens is 1. The molecule has 2 N–H and O–H groups in total. The van der Waals surface area contributed by atoms with Gasteiger partial charge in [-0.25, -0.2) is 0 Å². The van der Waals surface area contributed by atoms with Crippen LogP contribution in [0, 0.1) is 5.92 Å². The maximum absolute atomic E-state index is 11.7. The fraction of sp³-hybridized carbons (Fsp3) is 0.500.